The fourth-order valence-corrected chi connectivity index (χ4v) is 14.2. The third kappa shape index (κ3) is 33.7. The number of benzene rings is 8. The third-order valence-electron chi connectivity index (χ3n) is 20.8. The molecule has 0 bridgehead atoms. The van der Waals surface area contributed by atoms with Crippen molar-refractivity contribution in [1.29, 1.82) is 0 Å². The molecule has 0 amide bonds. The molecule has 700 valence electrons. The van der Waals surface area contributed by atoms with E-state index in [1.807, 2.05) is 235 Å². The zero-order valence-corrected chi connectivity index (χ0v) is 83.0. The number of aryl methyl sites for hydroxylation is 8. The maximum absolute atomic E-state index is 13.6. The highest BCUT2D eigenvalue weighted by atomic mass is 19.1. The lowest BCUT2D eigenvalue weighted by molar-refractivity contribution is 0.388. The van der Waals surface area contributed by atoms with Gasteiger partial charge in [0.25, 0.3) is 0 Å². The predicted molar refractivity (Wildman–Crippen MR) is 545 cm³/mol. The van der Waals surface area contributed by atoms with E-state index < -0.39 is 0 Å². The van der Waals surface area contributed by atoms with Gasteiger partial charge in [0.2, 0.25) is 0 Å². The number of hydrogen-bond donors (Lipinski definition) is 0. The standard InChI is InChI=1S/C16H18FN.C16H19N.C15H18N2.C14H17N3.C13H16FN3.C13H17N3.C12H16N4.C11H15N5/c1-12-8-9-13(10-16(12)17)15-7-5-4-6-14(15)11-18(2)3;1-13-8-10-14(11-9-13)16-7-5-4-6-15(16)12-17(2)3;1-12-8-9-13(10-16-12)15-7-5-4-6-14(15)11-17(2)3;1-11-15-8-13(9-16-11)14-7-5-4-6-12(14)10-17(2)3;1-10-4-5-11(8-12(10)14)17-7-6-15-13(17)9-16(2)3;1-11-4-6-12(7-5-11)16-9-8-14-13(16)10-15(2)3;1-10-4-5-11(8-14-10)16-7-6-13-12(16)9-15(2)3;1-9-13-6-10(7-14-9)16-5-4-12-11(16)8-15(2)3/h4-10H,11H2,1-3H3;4-11H,12H2,1-3H3;4-10H,11H2,1-3H3;4-9H,10H2,1-3H3;4-8H,9H2,1-3H3;4-9H,10H2,1-3H3;4-8H,9H2,1-3H3;4-7H,8H2,1-3H3. The van der Waals surface area contributed by atoms with Crippen molar-refractivity contribution < 1.29 is 8.78 Å². The Kier molecular flexibility index (Phi) is 41.1. The fraction of sp³-hybridized carbons (Fsp3) is 0.291. The number of halogens is 2. The van der Waals surface area contributed by atoms with Gasteiger partial charge < -0.3 is 52.9 Å². The summed E-state index contributed by atoms with van der Waals surface area (Å²) in [5.41, 5.74) is 24.6. The number of aromatic nitrogens is 14. The van der Waals surface area contributed by atoms with Gasteiger partial charge in [0.15, 0.2) is 0 Å². The van der Waals surface area contributed by atoms with Gasteiger partial charge in [-0.1, -0.05) is 169 Å². The third-order valence-corrected chi connectivity index (χ3v) is 20.8. The van der Waals surface area contributed by atoms with Crippen molar-refractivity contribution in [2.75, 3.05) is 113 Å². The molecule has 0 unspecified atom stereocenters. The Balaban J connectivity index is 0.000000172. The lowest BCUT2D eigenvalue weighted by Gasteiger charge is -2.14. The van der Waals surface area contributed by atoms with Crippen molar-refractivity contribution in [2.24, 2.45) is 0 Å². The van der Waals surface area contributed by atoms with Crippen LogP contribution < -0.4 is 0 Å². The van der Waals surface area contributed by atoms with Crippen molar-refractivity contribution >= 4 is 0 Å². The van der Waals surface area contributed by atoms with E-state index in [2.05, 4.69) is 289 Å². The average molecular weight is 1800 g/mol. The second-order valence-electron chi connectivity index (χ2n) is 35.3. The van der Waals surface area contributed by atoms with Crippen LogP contribution in [0.3, 0.4) is 0 Å². The average Bonchev–Trinajstić information content (AvgIpc) is 0.899. The van der Waals surface area contributed by atoms with E-state index in [9.17, 15) is 8.78 Å². The first-order chi connectivity index (χ1) is 64.1. The molecule has 24 heteroatoms. The van der Waals surface area contributed by atoms with Crippen LogP contribution in [-0.2, 0) is 52.4 Å². The second kappa shape index (κ2) is 52.7. The molecule has 0 fully saturated rings. The monoisotopic (exact) mass is 1800 g/mol. The van der Waals surface area contributed by atoms with E-state index in [4.69, 9.17) is 0 Å². The molecule has 8 aromatic carbocycles. The first-order valence-electron chi connectivity index (χ1n) is 44.8. The first-order valence-corrected chi connectivity index (χ1v) is 44.8. The number of hydrogen-bond acceptors (Lipinski definition) is 18. The van der Waals surface area contributed by atoms with Crippen molar-refractivity contribution in [3.05, 3.63) is 395 Å². The zero-order valence-electron chi connectivity index (χ0n) is 83.0. The van der Waals surface area contributed by atoms with Crippen LogP contribution in [0.25, 0.3) is 67.3 Å². The summed E-state index contributed by atoms with van der Waals surface area (Å²) in [6.45, 7) is 22.4. The minimum atomic E-state index is -0.188. The summed E-state index contributed by atoms with van der Waals surface area (Å²) in [4.78, 5) is 59.8. The minimum absolute atomic E-state index is 0.146. The van der Waals surface area contributed by atoms with Crippen LogP contribution in [0, 0.1) is 67.0 Å². The molecule has 22 nitrogen and oxygen atoms in total. The summed E-state index contributed by atoms with van der Waals surface area (Å²) in [7, 11) is 32.8. The number of pyridine rings is 2. The van der Waals surface area contributed by atoms with Crippen LogP contribution in [-0.4, -0.2) is 220 Å². The number of nitrogens with zero attached hydrogens (tertiary/aromatic N) is 22. The Morgan fingerprint density at radius 1 is 0.231 bits per heavy atom. The quantitative estimate of drug-likeness (QED) is 0.0558. The summed E-state index contributed by atoms with van der Waals surface area (Å²) in [6, 6.07) is 69.8. The highest BCUT2D eigenvalue weighted by Gasteiger charge is 2.15. The predicted octanol–water partition coefficient (Wildman–Crippen LogP) is 20.5. The smallest absolute Gasteiger partial charge is 0.128 e. The SMILES string of the molecule is Cc1ccc(-c2ccccc2CN(C)C)cc1.Cc1ccc(-c2ccccc2CN(C)C)cc1F.Cc1ccc(-c2ccccc2CN(C)C)cn1.Cc1ccc(-n2ccnc2CN(C)C)cc1.Cc1ccc(-n2ccnc2CN(C)C)cc1F.Cc1ccc(-n2ccnc2CN(C)C)cn1.Cc1ncc(-c2ccccc2CN(C)C)cn1.Cc1ncc(-n2ccnc2CN(C)C)cn1. The van der Waals surface area contributed by atoms with Crippen LogP contribution in [0.5, 0.6) is 0 Å². The molecule has 134 heavy (non-hydrogen) atoms. The molecular weight excluding hydrogens is 1670 g/mol. The lowest BCUT2D eigenvalue weighted by atomic mass is 9.98. The largest absolute Gasteiger partial charge is 0.305 e. The van der Waals surface area contributed by atoms with Gasteiger partial charge in [-0.15, -0.1) is 0 Å². The Labute approximate surface area is 794 Å². The van der Waals surface area contributed by atoms with Crippen molar-refractivity contribution in [2.45, 2.75) is 108 Å². The highest BCUT2D eigenvalue weighted by molar-refractivity contribution is 5.70. The first kappa shape index (κ1) is 104. The number of rotatable bonds is 24. The maximum atomic E-state index is 13.6. The summed E-state index contributed by atoms with van der Waals surface area (Å²) in [6.07, 6.45) is 26.1. The molecule has 0 radical (unpaired) electrons. The molecule has 8 heterocycles. The van der Waals surface area contributed by atoms with Crippen molar-refractivity contribution in [3.63, 3.8) is 0 Å². The van der Waals surface area contributed by atoms with E-state index in [1.54, 1.807) is 38.4 Å². The molecule has 0 atom stereocenters. The highest BCUT2D eigenvalue weighted by Crippen LogP contribution is 2.30. The molecule has 0 saturated heterocycles. The van der Waals surface area contributed by atoms with Crippen LogP contribution in [0.4, 0.5) is 8.78 Å². The van der Waals surface area contributed by atoms with Gasteiger partial charge in [-0.3, -0.25) is 14.5 Å². The summed E-state index contributed by atoms with van der Waals surface area (Å²) < 4.78 is 35.3. The summed E-state index contributed by atoms with van der Waals surface area (Å²) >= 11 is 0. The summed E-state index contributed by atoms with van der Waals surface area (Å²) in [5, 5.41) is 0. The molecule has 0 N–H and O–H groups in total. The van der Waals surface area contributed by atoms with Gasteiger partial charge >= 0.3 is 0 Å². The normalized spacial score (nSPS) is 10.9. The van der Waals surface area contributed by atoms with E-state index in [0.717, 1.165) is 132 Å². The Morgan fingerprint density at radius 3 is 0.873 bits per heavy atom. The van der Waals surface area contributed by atoms with Crippen molar-refractivity contribution in [3.8, 4) is 67.3 Å². The van der Waals surface area contributed by atoms with Gasteiger partial charge in [0, 0.05) is 128 Å². The topological polar surface area (TPSA) is 175 Å². The zero-order chi connectivity index (χ0) is 96.9. The molecule has 0 aliphatic carbocycles. The van der Waals surface area contributed by atoms with E-state index in [-0.39, 0.29) is 11.6 Å². The molecule has 0 aliphatic rings. The molecule has 0 spiro atoms. The Morgan fingerprint density at radius 2 is 0.507 bits per heavy atom. The molecule has 16 aromatic rings. The van der Waals surface area contributed by atoms with Gasteiger partial charge in [-0.25, -0.2) is 48.7 Å². The molecule has 16 rings (SSSR count). The van der Waals surface area contributed by atoms with Gasteiger partial charge in [0.05, 0.1) is 56.1 Å². The van der Waals surface area contributed by atoms with Crippen LogP contribution in [0.15, 0.2) is 293 Å². The fourth-order valence-electron chi connectivity index (χ4n) is 14.2. The Bertz CT molecular complexity index is 5710. The van der Waals surface area contributed by atoms with Crippen molar-refractivity contribution in [1.82, 2.24) is 107 Å². The summed E-state index contributed by atoms with van der Waals surface area (Å²) in [5.74, 6) is 5.22. The second-order valence-corrected chi connectivity index (χ2v) is 35.3. The van der Waals surface area contributed by atoms with Gasteiger partial charge in [0.1, 0.15) is 46.6 Å². The Hall–Kier alpha value is -13.4. The van der Waals surface area contributed by atoms with Crippen LogP contribution >= 0.6 is 0 Å². The van der Waals surface area contributed by atoms with Gasteiger partial charge in [-0.2, -0.15) is 0 Å². The minimum Gasteiger partial charge on any atom is -0.305 e. The van der Waals surface area contributed by atoms with E-state index in [0.29, 0.717) is 11.1 Å². The van der Waals surface area contributed by atoms with E-state index >= 15 is 0 Å². The maximum Gasteiger partial charge on any atom is 0.128 e. The molecule has 0 aliphatic heterocycles. The molecule has 0 saturated carbocycles. The molecular formula is C110H136F2N22. The van der Waals surface area contributed by atoms with Gasteiger partial charge in [-0.05, 0) is 283 Å². The van der Waals surface area contributed by atoms with Crippen LogP contribution in [0.1, 0.15) is 90.8 Å². The molecule has 8 aromatic heterocycles. The van der Waals surface area contributed by atoms with E-state index in [1.165, 1.54) is 73.0 Å². The lowest BCUT2D eigenvalue weighted by Crippen LogP contribution is -2.15. The van der Waals surface area contributed by atoms with Crippen LogP contribution in [0.2, 0.25) is 0 Å². The number of imidazole rings is 4.